The van der Waals surface area contributed by atoms with Crippen LogP contribution in [0.4, 0.5) is 5.95 Å². The van der Waals surface area contributed by atoms with E-state index in [-0.39, 0.29) is 4.75 Å². The van der Waals surface area contributed by atoms with E-state index in [1.54, 1.807) is 11.3 Å². The molecule has 0 radical (unpaired) electrons. The highest BCUT2D eigenvalue weighted by Gasteiger charge is 2.18. The van der Waals surface area contributed by atoms with Crippen LogP contribution in [0, 0.1) is 0 Å². The van der Waals surface area contributed by atoms with Crippen LogP contribution in [0.2, 0.25) is 0 Å². The fourth-order valence-corrected chi connectivity index (χ4v) is 3.81. The molecule has 3 nitrogen and oxygen atoms in total. The van der Waals surface area contributed by atoms with Crippen LogP contribution in [-0.2, 0) is 6.42 Å². The summed E-state index contributed by atoms with van der Waals surface area (Å²) in [5.74, 6) is 0.760. The van der Waals surface area contributed by atoms with Crippen LogP contribution in [0.25, 0.3) is 10.2 Å². The largest absolute Gasteiger partial charge is 0.354 e. The van der Waals surface area contributed by atoms with Crippen molar-refractivity contribution < 1.29 is 0 Å². The molecule has 2 aromatic rings. The Morgan fingerprint density at radius 3 is 2.60 bits per heavy atom. The van der Waals surface area contributed by atoms with Crippen molar-refractivity contribution >= 4 is 39.3 Å². The van der Waals surface area contributed by atoms with Crippen molar-refractivity contribution in [1.29, 1.82) is 0 Å². The number of aromatic nitrogens is 2. The van der Waals surface area contributed by atoms with E-state index in [1.807, 2.05) is 11.8 Å². The SMILES string of the molecule is CCCNc1nc(SC(C)(C)C)c2cc(CC)sc2n1. The summed E-state index contributed by atoms with van der Waals surface area (Å²) in [4.78, 5) is 11.8. The van der Waals surface area contributed by atoms with E-state index in [0.29, 0.717) is 0 Å². The van der Waals surface area contributed by atoms with Gasteiger partial charge in [-0.15, -0.1) is 11.3 Å². The molecule has 1 N–H and O–H groups in total. The van der Waals surface area contributed by atoms with Gasteiger partial charge in [0.25, 0.3) is 0 Å². The number of nitrogens with one attached hydrogen (secondary N) is 1. The first-order chi connectivity index (χ1) is 9.43. The predicted octanol–water partition coefficient (Wildman–Crippen LogP) is 4.97. The number of nitrogens with zero attached hydrogens (tertiary/aromatic N) is 2. The minimum atomic E-state index is 0.150. The first-order valence-corrected chi connectivity index (χ1v) is 8.79. The molecule has 2 heterocycles. The Balaban J connectivity index is 2.46. The smallest absolute Gasteiger partial charge is 0.225 e. The predicted molar refractivity (Wildman–Crippen MR) is 91.2 cm³/mol. The van der Waals surface area contributed by atoms with Gasteiger partial charge in [0.2, 0.25) is 5.95 Å². The van der Waals surface area contributed by atoms with E-state index in [0.717, 1.165) is 35.2 Å². The average molecular weight is 310 g/mol. The van der Waals surface area contributed by atoms with Crippen LogP contribution in [0.5, 0.6) is 0 Å². The van der Waals surface area contributed by atoms with Gasteiger partial charge in [-0.2, -0.15) is 0 Å². The molecule has 0 unspecified atom stereocenters. The van der Waals surface area contributed by atoms with Gasteiger partial charge >= 0.3 is 0 Å². The van der Waals surface area contributed by atoms with Crippen LogP contribution in [0.15, 0.2) is 11.1 Å². The molecule has 5 heteroatoms. The van der Waals surface area contributed by atoms with Gasteiger partial charge in [-0.05, 0) is 18.9 Å². The summed E-state index contributed by atoms with van der Waals surface area (Å²) in [6.07, 6.45) is 2.13. The Bertz CT molecular complexity index is 585. The molecule has 0 aliphatic carbocycles. The Kier molecular flexibility index (Phi) is 4.91. The van der Waals surface area contributed by atoms with Crippen LogP contribution < -0.4 is 5.32 Å². The summed E-state index contributed by atoms with van der Waals surface area (Å²) in [6, 6.07) is 2.25. The van der Waals surface area contributed by atoms with Gasteiger partial charge < -0.3 is 5.32 Å². The summed E-state index contributed by atoms with van der Waals surface area (Å²) >= 11 is 3.60. The van der Waals surface area contributed by atoms with Crippen LogP contribution in [0.3, 0.4) is 0 Å². The normalized spacial score (nSPS) is 12.1. The third-order valence-corrected chi connectivity index (χ3v) is 4.98. The van der Waals surface area contributed by atoms with E-state index in [2.05, 4.69) is 51.0 Å². The van der Waals surface area contributed by atoms with Gasteiger partial charge in [0, 0.05) is 21.6 Å². The Labute approximate surface area is 129 Å². The summed E-state index contributed by atoms with van der Waals surface area (Å²) in [5.41, 5.74) is 0. The lowest BCUT2D eigenvalue weighted by Crippen LogP contribution is -2.09. The lowest BCUT2D eigenvalue weighted by molar-refractivity contribution is 0.800. The van der Waals surface area contributed by atoms with Crippen molar-refractivity contribution in [1.82, 2.24) is 9.97 Å². The number of hydrogen-bond donors (Lipinski definition) is 1. The molecular weight excluding hydrogens is 286 g/mol. The molecule has 0 aromatic carbocycles. The molecule has 0 aliphatic heterocycles. The molecule has 110 valence electrons. The highest BCUT2D eigenvalue weighted by atomic mass is 32.2. The number of rotatable bonds is 5. The highest BCUT2D eigenvalue weighted by molar-refractivity contribution is 8.00. The van der Waals surface area contributed by atoms with Gasteiger partial charge in [-0.1, -0.05) is 46.4 Å². The topological polar surface area (TPSA) is 37.8 Å². The van der Waals surface area contributed by atoms with Crippen molar-refractivity contribution in [2.45, 2.75) is 57.2 Å². The zero-order valence-corrected chi connectivity index (χ0v) is 14.5. The monoisotopic (exact) mass is 309 g/mol. The lowest BCUT2D eigenvalue weighted by Gasteiger charge is -2.17. The van der Waals surface area contributed by atoms with Crippen LogP contribution in [0.1, 0.15) is 45.9 Å². The van der Waals surface area contributed by atoms with E-state index < -0.39 is 0 Å². The van der Waals surface area contributed by atoms with E-state index >= 15 is 0 Å². The Morgan fingerprint density at radius 2 is 2.00 bits per heavy atom. The van der Waals surface area contributed by atoms with E-state index in [4.69, 9.17) is 4.98 Å². The van der Waals surface area contributed by atoms with Crippen LogP contribution in [-0.4, -0.2) is 21.3 Å². The van der Waals surface area contributed by atoms with Crippen molar-refractivity contribution in [3.05, 3.63) is 10.9 Å². The summed E-state index contributed by atoms with van der Waals surface area (Å²) in [6.45, 7) is 11.9. The molecule has 0 aliphatic rings. The highest BCUT2D eigenvalue weighted by Crippen LogP contribution is 2.38. The fourth-order valence-electron chi connectivity index (χ4n) is 1.80. The quantitative estimate of drug-likeness (QED) is 0.625. The zero-order valence-electron chi connectivity index (χ0n) is 12.9. The molecule has 0 saturated carbocycles. The molecule has 0 spiro atoms. The second kappa shape index (κ2) is 6.31. The second-order valence-electron chi connectivity index (χ2n) is 5.78. The minimum absolute atomic E-state index is 0.150. The first-order valence-electron chi connectivity index (χ1n) is 7.16. The number of aryl methyl sites for hydroxylation is 1. The van der Waals surface area contributed by atoms with Gasteiger partial charge in [-0.25, -0.2) is 9.97 Å². The summed E-state index contributed by atoms with van der Waals surface area (Å²) in [5, 5.41) is 5.61. The molecule has 0 bridgehead atoms. The standard InChI is InChI=1S/C15H23N3S2/c1-6-8-16-14-17-12-11(9-10(7-2)19-12)13(18-14)20-15(3,4)5/h9H,6-8H2,1-5H3,(H,16,17,18). The van der Waals surface area contributed by atoms with Crippen molar-refractivity contribution in [2.75, 3.05) is 11.9 Å². The third kappa shape index (κ3) is 3.85. The second-order valence-corrected chi connectivity index (χ2v) is 8.71. The minimum Gasteiger partial charge on any atom is -0.354 e. The number of thiophene rings is 1. The van der Waals surface area contributed by atoms with E-state index in [1.165, 1.54) is 10.3 Å². The van der Waals surface area contributed by atoms with Gasteiger partial charge in [0.15, 0.2) is 0 Å². The van der Waals surface area contributed by atoms with Crippen molar-refractivity contribution in [3.8, 4) is 0 Å². The number of fused-ring (bicyclic) bond motifs is 1. The number of thioether (sulfide) groups is 1. The van der Waals surface area contributed by atoms with Gasteiger partial charge in [0.05, 0.1) is 0 Å². The number of anilines is 1. The molecule has 2 rings (SSSR count). The molecule has 0 amide bonds. The van der Waals surface area contributed by atoms with Gasteiger partial charge in [0.1, 0.15) is 9.86 Å². The maximum atomic E-state index is 4.72. The summed E-state index contributed by atoms with van der Waals surface area (Å²) < 4.78 is 0.150. The molecule has 0 saturated heterocycles. The van der Waals surface area contributed by atoms with Gasteiger partial charge in [-0.3, -0.25) is 0 Å². The Morgan fingerprint density at radius 1 is 1.25 bits per heavy atom. The zero-order chi connectivity index (χ0) is 14.8. The summed E-state index contributed by atoms with van der Waals surface area (Å²) in [7, 11) is 0. The maximum Gasteiger partial charge on any atom is 0.225 e. The maximum absolute atomic E-state index is 4.72. The first kappa shape index (κ1) is 15.6. The molecule has 0 atom stereocenters. The van der Waals surface area contributed by atoms with Crippen LogP contribution >= 0.6 is 23.1 Å². The fraction of sp³-hybridized carbons (Fsp3) is 0.600. The molecule has 20 heavy (non-hydrogen) atoms. The Hall–Kier alpha value is -0.810. The molecular formula is C15H23N3S2. The number of hydrogen-bond acceptors (Lipinski definition) is 5. The molecule has 0 fully saturated rings. The van der Waals surface area contributed by atoms with E-state index in [9.17, 15) is 0 Å². The lowest BCUT2D eigenvalue weighted by atomic mass is 10.3. The molecule has 2 aromatic heterocycles. The van der Waals surface area contributed by atoms with Crippen molar-refractivity contribution in [3.63, 3.8) is 0 Å². The average Bonchev–Trinajstić information content (AvgIpc) is 2.78. The van der Waals surface area contributed by atoms with Crippen molar-refractivity contribution in [2.24, 2.45) is 0 Å². The third-order valence-electron chi connectivity index (χ3n) is 2.69.